The lowest BCUT2D eigenvalue weighted by Crippen LogP contribution is -2.16. The molecule has 0 aliphatic heterocycles. The number of nitrogens with one attached hydrogen (secondary N) is 1. The molecule has 98 valence electrons. The molecular formula is C13H11F2N3O. The molecule has 0 atom stereocenters. The highest BCUT2D eigenvalue weighted by Crippen LogP contribution is 2.18. The van der Waals surface area contributed by atoms with Gasteiger partial charge in [-0.05, 0) is 30.7 Å². The fraction of sp³-hybridized carbons (Fsp3) is 0.0769. The minimum atomic E-state index is -0.716. The van der Waals surface area contributed by atoms with Crippen LogP contribution in [0.2, 0.25) is 0 Å². The number of halogens is 2. The van der Waals surface area contributed by atoms with E-state index in [4.69, 9.17) is 5.73 Å². The zero-order chi connectivity index (χ0) is 14.0. The Morgan fingerprint density at radius 3 is 2.74 bits per heavy atom. The standard InChI is InChI=1S/C13H11F2N3O/c1-7-2-3-11(10(15)4-7)18-13(19)9-5-8(14)6-17-12(9)16/h2-6H,1H3,(H2,16,17)(H,18,19). The number of carbonyl (C=O) groups excluding carboxylic acids is 1. The first-order valence-corrected chi connectivity index (χ1v) is 5.46. The number of aromatic nitrogens is 1. The van der Waals surface area contributed by atoms with Gasteiger partial charge in [-0.3, -0.25) is 4.79 Å². The van der Waals surface area contributed by atoms with Gasteiger partial charge in [-0.15, -0.1) is 0 Å². The van der Waals surface area contributed by atoms with E-state index in [-0.39, 0.29) is 17.1 Å². The van der Waals surface area contributed by atoms with E-state index in [1.165, 1.54) is 12.1 Å². The molecule has 0 aliphatic carbocycles. The molecule has 1 amide bonds. The second kappa shape index (κ2) is 5.01. The summed E-state index contributed by atoms with van der Waals surface area (Å²) in [7, 11) is 0. The van der Waals surface area contributed by atoms with Crippen molar-refractivity contribution in [1.82, 2.24) is 4.98 Å². The molecule has 0 fully saturated rings. The number of hydrogen-bond acceptors (Lipinski definition) is 3. The average Bonchev–Trinajstić information content (AvgIpc) is 2.35. The van der Waals surface area contributed by atoms with E-state index >= 15 is 0 Å². The summed E-state index contributed by atoms with van der Waals surface area (Å²) in [4.78, 5) is 15.4. The number of amides is 1. The van der Waals surface area contributed by atoms with Gasteiger partial charge in [0, 0.05) is 0 Å². The van der Waals surface area contributed by atoms with Crippen LogP contribution in [0.15, 0.2) is 30.5 Å². The molecule has 6 heteroatoms. The van der Waals surface area contributed by atoms with Crippen LogP contribution in [0, 0.1) is 18.6 Å². The Hall–Kier alpha value is -2.50. The molecule has 1 aromatic heterocycles. The average molecular weight is 263 g/mol. The predicted molar refractivity (Wildman–Crippen MR) is 67.7 cm³/mol. The highest BCUT2D eigenvalue weighted by atomic mass is 19.1. The topological polar surface area (TPSA) is 68.0 Å². The summed E-state index contributed by atoms with van der Waals surface area (Å²) in [5, 5.41) is 2.32. The van der Waals surface area contributed by atoms with Crippen LogP contribution in [0.25, 0.3) is 0 Å². The van der Waals surface area contributed by atoms with Gasteiger partial charge in [-0.2, -0.15) is 0 Å². The second-order valence-corrected chi connectivity index (χ2v) is 4.02. The van der Waals surface area contributed by atoms with E-state index in [2.05, 4.69) is 10.3 Å². The molecule has 1 heterocycles. The minimum Gasteiger partial charge on any atom is -0.383 e. The third-order valence-electron chi connectivity index (χ3n) is 2.50. The molecule has 2 rings (SSSR count). The Morgan fingerprint density at radius 1 is 1.32 bits per heavy atom. The first-order valence-electron chi connectivity index (χ1n) is 5.46. The SMILES string of the molecule is Cc1ccc(NC(=O)c2cc(F)cnc2N)c(F)c1. The summed E-state index contributed by atoms with van der Waals surface area (Å²) in [5.74, 6) is -2.10. The van der Waals surface area contributed by atoms with Crippen LogP contribution in [0.1, 0.15) is 15.9 Å². The van der Waals surface area contributed by atoms with E-state index < -0.39 is 17.5 Å². The normalized spacial score (nSPS) is 10.3. The number of anilines is 2. The van der Waals surface area contributed by atoms with Crippen LogP contribution in [0.3, 0.4) is 0 Å². The predicted octanol–water partition coefficient (Wildman–Crippen LogP) is 2.50. The lowest BCUT2D eigenvalue weighted by Gasteiger charge is -2.08. The van der Waals surface area contributed by atoms with Gasteiger partial charge in [-0.25, -0.2) is 13.8 Å². The van der Waals surface area contributed by atoms with Crippen molar-refractivity contribution in [3.05, 3.63) is 53.2 Å². The Balaban J connectivity index is 2.28. The van der Waals surface area contributed by atoms with Crippen LogP contribution >= 0.6 is 0 Å². The number of nitrogen functional groups attached to an aromatic ring is 1. The molecule has 0 saturated carbocycles. The summed E-state index contributed by atoms with van der Waals surface area (Å²) in [6, 6.07) is 5.30. The molecule has 19 heavy (non-hydrogen) atoms. The van der Waals surface area contributed by atoms with Gasteiger partial charge >= 0.3 is 0 Å². The van der Waals surface area contributed by atoms with Crippen LogP contribution < -0.4 is 11.1 Å². The third-order valence-corrected chi connectivity index (χ3v) is 2.50. The van der Waals surface area contributed by atoms with Gasteiger partial charge < -0.3 is 11.1 Å². The van der Waals surface area contributed by atoms with Crippen LogP contribution in [-0.2, 0) is 0 Å². The van der Waals surface area contributed by atoms with Crippen molar-refractivity contribution in [2.45, 2.75) is 6.92 Å². The molecule has 2 aromatic rings. The molecule has 1 aromatic carbocycles. The summed E-state index contributed by atoms with van der Waals surface area (Å²) >= 11 is 0. The first-order chi connectivity index (χ1) is 8.97. The van der Waals surface area contributed by atoms with E-state index in [0.717, 1.165) is 17.8 Å². The van der Waals surface area contributed by atoms with Crippen molar-refractivity contribution in [1.29, 1.82) is 0 Å². The molecule has 3 N–H and O–H groups in total. The first kappa shape index (κ1) is 12.9. The number of nitrogens with zero attached hydrogens (tertiary/aromatic N) is 1. The van der Waals surface area contributed by atoms with Crippen molar-refractivity contribution in [2.75, 3.05) is 11.1 Å². The smallest absolute Gasteiger partial charge is 0.259 e. The van der Waals surface area contributed by atoms with E-state index in [0.29, 0.717) is 0 Å². The summed E-state index contributed by atoms with van der Waals surface area (Å²) in [5.41, 5.74) is 6.06. The van der Waals surface area contributed by atoms with Crippen LogP contribution in [0.5, 0.6) is 0 Å². The fourth-order valence-electron chi connectivity index (χ4n) is 1.54. The van der Waals surface area contributed by atoms with Crippen molar-refractivity contribution in [2.24, 2.45) is 0 Å². The van der Waals surface area contributed by atoms with Gasteiger partial charge in [0.05, 0.1) is 17.4 Å². The zero-order valence-corrected chi connectivity index (χ0v) is 10.1. The summed E-state index contributed by atoms with van der Waals surface area (Å²) in [6.07, 6.45) is 0.901. The van der Waals surface area contributed by atoms with Crippen LogP contribution in [-0.4, -0.2) is 10.9 Å². The van der Waals surface area contributed by atoms with Crippen molar-refractivity contribution >= 4 is 17.4 Å². The Labute approximate surface area is 108 Å². The van der Waals surface area contributed by atoms with E-state index in [1.807, 2.05) is 0 Å². The highest BCUT2D eigenvalue weighted by Gasteiger charge is 2.14. The molecule has 0 unspecified atom stereocenters. The van der Waals surface area contributed by atoms with Crippen molar-refractivity contribution in [3.8, 4) is 0 Å². The van der Waals surface area contributed by atoms with Gasteiger partial charge in [0.15, 0.2) is 0 Å². The minimum absolute atomic E-state index is 0.000684. The van der Waals surface area contributed by atoms with Crippen LogP contribution in [0.4, 0.5) is 20.3 Å². The Kier molecular flexibility index (Phi) is 3.41. The number of nitrogens with two attached hydrogens (primary N) is 1. The monoisotopic (exact) mass is 263 g/mol. The summed E-state index contributed by atoms with van der Waals surface area (Å²) < 4.78 is 26.6. The van der Waals surface area contributed by atoms with Crippen molar-refractivity contribution < 1.29 is 13.6 Å². The number of carbonyl (C=O) groups is 1. The maximum absolute atomic E-state index is 13.6. The Bertz CT molecular complexity index is 644. The number of pyridine rings is 1. The number of rotatable bonds is 2. The van der Waals surface area contributed by atoms with E-state index in [1.54, 1.807) is 13.0 Å². The largest absolute Gasteiger partial charge is 0.383 e. The lowest BCUT2D eigenvalue weighted by molar-refractivity contribution is 0.102. The third kappa shape index (κ3) is 2.85. The maximum atomic E-state index is 13.6. The molecule has 0 spiro atoms. The zero-order valence-electron chi connectivity index (χ0n) is 10.1. The fourth-order valence-corrected chi connectivity index (χ4v) is 1.54. The molecule has 4 nitrogen and oxygen atoms in total. The van der Waals surface area contributed by atoms with Crippen molar-refractivity contribution in [3.63, 3.8) is 0 Å². The highest BCUT2D eigenvalue weighted by molar-refractivity contribution is 6.07. The maximum Gasteiger partial charge on any atom is 0.259 e. The number of benzene rings is 1. The number of hydrogen-bond donors (Lipinski definition) is 2. The van der Waals surface area contributed by atoms with Gasteiger partial charge in [0.25, 0.3) is 5.91 Å². The molecule has 0 saturated heterocycles. The molecule has 0 radical (unpaired) electrons. The Morgan fingerprint density at radius 2 is 2.05 bits per heavy atom. The van der Waals surface area contributed by atoms with E-state index in [9.17, 15) is 13.6 Å². The molecule has 0 bridgehead atoms. The number of aryl methyl sites for hydroxylation is 1. The molecule has 0 aliphatic rings. The quantitative estimate of drug-likeness (QED) is 0.874. The second-order valence-electron chi connectivity index (χ2n) is 4.02. The van der Waals surface area contributed by atoms with Gasteiger partial charge in [0.2, 0.25) is 0 Å². The molecular weight excluding hydrogens is 252 g/mol. The summed E-state index contributed by atoms with van der Waals surface area (Å²) in [6.45, 7) is 1.73. The van der Waals surface area contributed by atoms with Gasteiger partial charge in [-0.1, -0.05) is 6.07 Å². The lowest BCUT2D eigenvalue weighted by atomic mass is 10.2. The van der Waals surface area contributed by atoms with Gasteiger partial charge in [0.1, 0.15) is 17.5 Å².